The third kappa shape index (κ3) is 2.62. The summed E-state index contributed by atoms with van der Waals surface area (Å²) in [5.74, 6) is 0.901. The zero-order chi connectivity index (χ0) is 23.9. The molecule has 0 radical (unpaired) electrons. The number of benzene rings is 2. The number of ether oxygens (including phenoxy) is 1. The second-order valence-electron chi connectivity index (χ2n) is 9.12. The maximum absolute atomic E-state index is 12.8. The van der Waals surface area contributed by atoms with Crippen LogP contribution in [0.15, 0.2) is 58.1 Å². The lowest BCUT2D eigenvalue weighted by Crippen LogP contribution is -2.90. The topological polar surface area (TPSA) is 98.2 Å². The summed E-state index contributed by atoms with van der Waals surface area (Å²) in [6.45, 7) is 2.76. The number of hydrogen-bond donors (Lipinski definition) is 2. The SMILES string of the molecule is CNc1nc2c(sc(=O)n2C2CSC(CO[Si]34c5ccccc5C3(C)c3ccccc34)O2)c(=O)[nH]1. The third-order valence-corrected chi connectivity index (χ3v) is 14.5. The van der Waals surface area contributed by atoms with Gasteiger partial charge in [0, 0.05) is 17.8 Å². The molecule has 0 spiro atoms. The molecule has 7 rings (SSSR count). The van der Waals surface area contributed by atoms with Crippen molar-refractivity contribution in [3.8, 4) is 0 Å². The van der Waals surface area contributed by atoms with E-state index in [1.807, 2.05) is 0 Å². The zero-order valence-corrected chi connectivity index (χ0v) is 21.7. The molecule has 2 atom stereocenters. The van der Waals surface area contributed by atoms with Gasteiger partial charge >= 0.3 is 4.87 Å². The van der Waals surface area contributed by atoms with Gasteiger partial charge in [-0.05, 0) is 21.5 Å². The van der Waals surface area contributed by atoms with Gasteiger partial charge in [-0.15, -0.1) is 11.8 Å². The van der Waals surface area contributed by atoms with E-state index in [0.717, 1.165) is 11.3 Å². The van der Waals surface area contributed by atoms with E-state index in [9.17, 15) is 9.59 Å². The third-order valence-electron chi connectivity index (χ3n) is 7.56. The molecule has 3 aliphatic rings. The van der Waals surface area contributed by atoms with E-state index >= 15 is 0 Å². The molecule has 2 N–H and O–H groups in total. The van der Waals surface area contributed by atoms with Crippen molar-refractivity contribution in [2.45, 2.75) is 23.6 Å². The summed E-state index contributed by atoms with van der Waals surface area (Å²) in [4.78, 5) is 32.0. The molecule has 5 heterocycles. The number of rotatable bonds is 5. The van der Waals surface area contributed by atoms with E-state index in [0.29, 0.717) is 28.7 Å². The molecule has 1 saturated heterocycles. The first kappa shape index (κ1) is 21.6. The summed E-state index contributed by atoms with van der Waals surface area (Å²) < 4.78 is 15.0. The lowest BCUT2D eigenvalue weighted by atomic mass is 9.88. The van der Waals surface area contributed by atoms with Gasteiger partial charge in [-0.2, -0.15) is 4.98 Å². The Labute approximate surface area is 209 Å². The van der Waals surface area contributed by atoms with Gasteiger partial charge in [-0.1, -0.05) is 66.8 Å². The molecule has 1 fully saturated rings. The van der Waals surface area contributed by atoms with Gasteiger partial charge in [-0.25, -0.2) is 0 Å². The van der Waals surface area contributed by atoms with Crippen molar-refractivity contribution in [3.63, 3.8) is 0 Å². The molecule has 11 heteroatoms. The van der Waals surface area contributed by atoms with Crippen LogP contribution in [0.4, 0.5) is 5.95 Å². The Kier molecular flexibility index (Phi) is 4.56. The van der Waals surface area contributed by atoms with Crippen LogP contribution in [-0.4, -0.2) is 47.7 Å². The fourth-order valence-corrected chi connectivity index (χ4v) is 13.2. The Morgan fingerprint density at radius 1 is 1.20 bits per heavy atom. The number of nitrogens with one attached hydrogen (secondary N) is 2. The Balaban J connectivity index is 1.17. The summed E-state index contributed by atoms with van der Waals surface area (Å²) in [7, 11) is -0.672. The quantitative estimate of drug-likeness (QED) is 0.385. The molecule has 3 aliphatic heterocycles. The van der Waals surface area contributed by atoms with Crippen molar-refractivity contribution in [1.82, 2.24) is 14.5 Å². The molecule has 2 aromatic carbocycles. The van der Waals surface area contributed by atoms with E-state index in [1.165, 1.54) is 26.1 Å². The standard InChI is InChI=1S/C24H22N4O4S2Si/c1-24-13-7-3-5-9-15(13)35(24,16-10-6-4-8-14(16)24)31-11-18-32-17(12-33-18)28-20-19(34-23(28)30)21(29)27-22(25-2)26-20/h3-10,17-18H,11-12H2,1-2H3,(H2,25,26,27,29). The predicted molar refractivity (Wildman–Crippen MR) is 141 cm³/mol. The van der Waals surface area contributed by atoms with Gasteiger partial charge in [-0.3, -0.25) is 19.1 Å². The largest absolute Gasteiger partial charge is 0.403 e. The Hall–Kier alpha value is -2.70. The normalized spacial score (nSPS) is 28.1. The minimum absolute atomic E-state index is 0.0438. The van der Waals surface area contributed by atoms with E-state index in [-0.39, 0.29) is 20.9 Å². The van der Waals surface area contributed by atoms with Gasteiger partial charge in [0.1, 0.15) is 16.4 Å². The highest BCUT2D eigenvalue weighted by atomic mass is 32.2. The maximum atomic E-state index is 12.8. The zero-order valence-electron chi connectivity index (χ0n) is 19.0. The lowest BCUT2D eigenvalue weighted by Gasteiger charge is -2.65. The van der Waals surface area contributed by atoms with Crippen LogP contribution in [-0.2, 0) is 14.2 Å². The van der Waals surface area contributed by atoms with Crippen molar-refractivity contribution in [1.29, 1.82) is 0 Å². The Morgan fingerprint density at radius 2 is 1.89 bits per heavy atom. The number of fused-ring (bicyclic) bond motifs is 8. The molecule has 35 heavy (non-hydrogen) atoms. The van der Waals surface area contributed by atoms with Crippen molar-refractivity contribution >= 4 is 58.1 Å². The van der Waals surface area contributed by atoms with Crippen molar-refractivity contribution in [3.05, 3.63) is 79.7 Å². The van der Waals surface area contributed by atoms with Crippen LogP contribution >= 0.6 is 23.1 Å². The molecule has 0 saturated carbocycles. The average molecular weight is 523 g/mol. The molecule has 0 amide bonds. The Morgan fingerprint density at radius 3 is 2.57 bits per heavy atom. The van der Waals surface area contributed by atoms with Crippen molar-refractivity contribution in [2.75, 3.05) is 24.7 Å². The van der Waals surface area contributed by atoms with E-state index in [2.05, 4.69) is 70.7 Å². The second-order valence-corrected chi connectivity index (χ2v) is 15.0. The lowest BCUT2D eigenvalue weighted by molar-refractivity contribution is -0.000425. The first-order valence-electron chi connectivity index (χ1n) is 11.4. The Bertz CT molecular complexity index is 1580. The monoisotopic (exact) mass is 522 g/mol. The highest BCUT2D eigenvalue weighted by molar-refractivity contribution is 8.00. The summed E-state index contributed by atoms with van der Waals surface area (Å²) in [5.41, 5.74) is 2.55. The first-order chi connectivity index (χ1) is 17.0. The number of H-pyrrole nitrogens is 1. The van der Waals surface area contributed by atoms with Crippen molar-refractivity contribution in [2.24, 2.45) is 0 Å². The minimum atomic E-state index is -2.34. The van der Waals surface area contributed by atoms with Crippen LogP contribution in [0, 0.1) is 0 Å². The van der Waals surface area contributed by atoms with Gasteiger partial charge in [0.15, 0.2) is 5.65 Å². The molecule has 4 aromatic rings. The number of thiazole rings is 1. The van der Waals surface area contributed by atoms with Crippen LogP contribution in [0.1, 0.15) is 24.3 Å². The highest BCUT2D eigenvalue weighted by Gasteiger charge is 2.74. The van der Waals surface area contributed by atoms with Crippen molar-refractivity contribution < 1.29 is 9.16 Å². The van der Waals surface area contributed by atoms with Crippen LogP contribution < -0.4 is 26.1 Å². The second kappa shape index (κ2) is 7.40. The summed E-state index contributed by atoms with van der Waals surface area (Å²) >= 11 is 2.53. The van der Waals surface area contributed by atoms with Crippen LogP contribution in [0.3, 0.4) is 0 Å². The number of aromatic nitrogens is 3. The molecule has 178 valence electrons. The fraction of sp³-hybridized carbons (Fsp3) is 0.292. The molecule has 2 aromatic heterocycles. The number of hydrogen-bond acceptors (Lipinski definition) is 8. The summed E-state index contributed by atoms with van der Waals surface area (Å²) in [6.07, 6.45) is -0.498. The molecule has 8 nitrogen and oxygen atoms in total. The van der Waals surface area contributed by atoms with Gasteiger partial charge < -0.3 is 14.5 Å². The predicted octanol–water partition coefficient (Wildman–Crippen LogP) is 1.72. The molecular formula is C24H22N4O4S2Si. The van der Waals surface area contributed by atoms with Crippen LogP contribution in [0.2, 0.25) is 0 Å². The molecular weight excluding hydrogens is 501 g/mol. The van der Waals surface area contributed by atoms with E-state index in [4.69, 9.17) is 9.16 Å². The molecule has 0 bridgehead atoms. The van der Waals surface area contributed by atoms with E-state index in [1.54, 1.807) is 18.8 Å². The number of anilines is 1. The summed E-state index contributed by atoms with van der Waals surface area (Å²) in [5, 5.41) is 5.49. The average Bonchev–Trinajstić information content (AvgIpc) is 3.47. The maximum Gasteiger partial charge on any atom is 0.311 e. The minimum Gasteiger partial charge on any atom is -0.403 e. The van der Waals surface area contributed by atoms with Gasteiger partial charge in [0.05, 0.1) is 6.61 Å². The highest BCUT2D eigenvalue weighted by Crippen LogP contribution is 2.54. The molecule has 0 aliphatic carbocycles. The smallest absolute Gasteiger partial charge is 0.311 e. The van der Waals surface area contributed by atoms with E-state index < -0.39 is 14.5 Å². The number of aromatic amines is 1. The van der Waals surface area contributed by atoms with Crippen LogP contribution in [0.5, 0.6) is 0 Å². The number of nitrogens with zero attached hydrogens (tertiary/aromatic N) is 2. The summed E-state index contributed by atoms with van der Waals surface area (Å²) in [6, 6.07) is 17.3. The van der Waals surface area contributed by atoms with Gasteiger partial charge in [0.2, 0.25) is 5.95 Å². The first-order valence-corrected chi connectivity index (χ1v) is 15.2. The van der Waals surface area contributed by atoms with Gasteiger partial charge in [0.25, 0.3) is 13.9 Å². The van der Waals surface area contributed by atoms with Crippen LogP contribution in [0.25, 0.3) is 10.3 Å². The molecule has 2 unspecified atom stereocenters. The fourth-order valence-electron chi connectivity index (χ4n) is 6.00. The number of thioether (sulfide) groups is 1.